The highest BCUT2D eigenvalue weighted by molar-refractivity contribution is 7.99. The van der Waals surface area contributed by atoms with Gasteiger partial charge in [0.25, 0.3) is 0 Å². The minimum atomic E-state index is -0.722. The summed E-state index contributed by atoms with van der Waals surface area (Å²) in [6.07, 6.45) is 2.50. The molecule has 0 aromatic heterocycles. The lowest BCUT2D eigenvalue weighted by Gasteiger charge is -2.32. The molecule has 2 aliphatic rings. The van der Waals surface area contributed by atoms with E-state index < -0.39 is 29.6 Å². The number of thioether (sulfide) groups is 1. The van der Waals surface area contributed by atoms with Crippen molar-refractivity contribution in [3.05, 3.63) is 60.2 Å². The number of nitrogens with one attached hydrogen (secondary N) is 1. The van der Waals surface area contributed by atoms with Crippen LogP contribution in [0.5, 0.6) is 0 Å². The number of carbonyl (C=O) groups excluding carboxylic acids is 4. The van der Waals surface area contributed by atoms with E-state index in [1.165, 1.54) is 16.7 Å². The van der Waals surface area contributed by atoms with Crippen LogP contribution in [0.3, 0.4) is 0 Å². The molecule has 4 rings (SSSR count). The summed E-state index contributed by atoms with van der Waals surface area (Å²) in [7, 11) is 0. The van der Waals surface area contributed by atoms with Crippen molar-refractivity contribution in [3.8, 4) is 0 Å². The molecule has 2 aliphatic heterocycles. The van der Waals surface area contributed by atoms with Gasteiger partial charge in [0.1, 0.15) is 24.8 Å². The fourth-order valence-corrected chi connectivity index (χ4v) is 6.60. The molecule has 11 heteroatoms. The predicted octanol–water partition coefficient (Wildman–Crippen LogP) is 5.19. The molecule has 244 valence electrons. The first-order valence-electron chi connectivity index (χ1n) is 15.7. The molecule has 0 saturated carbocycles. The zero-order valence-electron chi connectivity index (χ0n) is 26.7. The molecule has 1 fully saturated rings. The number of rotatable bonds is 11. The van der Waals surface area contributed by atoms with E-state index in [1.54, 1.807) is 32.6 Å². The predicted molar refractivity (Wildman–Crippen MR) is 173 cm³/mol. The van der Waals surface area contributed by atoms with Gasteiger partial charge in [-0.1, -0.05) is 42.5 Å². The zero-order valence-corrected chi connectivity index (χ0v) is 27.5. The summed E-state index contributed by atoms with van der Waals surface area (Å²) >= 11 is 1.51. The van der Waals surface area contributed by atoms with Crippen LogP contribution in [0.25, 0.3) is 0 Å². The van der Waals surface area contributed by atoms with Crippen LogP contribution < -0.4 is 10.2 Å². The van der Waals surface area contributed by atoms with E-state index in [0.29, 0.717) is 36.9 Å². The van der Waals surface area contributed by atoms with Gasteiger partial charge < -0.3 is 19.1 Å². The van der Waals surface area contributed by atoms with E-state index in [9.17, 15) is 19.2 Å². The second kappa shape index (κ2) is 16.1. The lowest BCUT2D eigenvalue weighted by molar-refractivity contribution is -0.154. The number of anilines is 1. The molecule has 2 aromatic rings. The van der Waals surface area contributed by atoms with Crippen LogP contribution in [0.4, 0.5) is 10.5 Å². The van der Waals surface area contributed by atoms with Gasteiger partial charge in [0.2, 0.25) is 5.91 Å². The van der Waals surface area contributed by atoms with Crippen molar-refractivity contribution in [2.24, 2.45) is 5.92 Å². The first-order chi connectivity index (χ1) is 21.5. The van der Waals surface area contributed by atoms with Crippen LogP contribution in [0, 0.1) is 5.92 Å². The number of carbonyl (C=O) groups is 4. The standard InChI is InChI=1S/C34H45N3O7S/c1-5-42-32(40)26(16-15-24-17-19-36(20-18-24)33(41)43-22-25-11-7-6-8-12-25)35-27-23-45-29-14-10-9-13-28(29)37(31(27)39)21-30(38)44-34(2,3)4/h6-14,24,26-27,35H,5,15-23H2,1-4H3/t26-,27+/m1/s1. The van der Waals surface area contributed by atoms with E-state index in [4.69, 9.17) is 14.2 Å². The maximum absolute atomic E-state index is 13.9. The van der Waals surface area contributed by atoms with Crippen LogP contribution in [-0.4, -0.2) is 78.5 Å². The number of esters is 2. The molecule has 10 nitrogen and oxygen atoms in total. The summed E-state index contributed by atoms with van der Waals surface area (Å²) in [4.78, 5) is 56.5. The Hall–Kier alpha value is -3.57. The molecule has 0 bridgehead atoms. The SMILES string of the molecule is CCOC(=O)[C@@H](CCC1CCN(C(=O)OCc2ccccc2)CC1)N[C@H]1CSc2ccccc2N(CC(=O)OC(C)(C)C)C1=O. The maximum atomic E-state index is 13.9. The molecular formula is C34H45N3O7S. The Bertz CT molecular complexity index is 1310. The van der Waals surface area contributed by atoms with Crippen LogP contribution in [0.2, 0.25) is 0 Å². The molecule has 1 saturated heterocycles. The van der Waals surface area contributed by atoms with Gasteiger partial charge in [0, 0.05) is 23.7 Å². The highest BCUT2D eigenvalue weighted by Crippen LogP contribution is 2.34. The number of benzene rings is 2. The zero-order chi connectivity index (χ0) is 32.4. The van der Waals surface area contributed by atoms with E-state index in [-0.39, 0.29) is 31.8 Å². The normalized spacial score (nSPS) is 18.0. The summed E-state index contributed by atoms with van der Waals surface area (Å²) in [5, 5.41) is 3.29. The van der Waals surface area contributed by atoms with Crippen molar-refractivity contribution in [3.63, 3.8) is 0 Å². The lowest BCUT2D eigenvalue weighted by atomic mass is 9.90. The average Bonchev–Trinajstić information content (AvgIpc) is 3.14. The fraction of sp³-hybridized carbons (Fsp3) is 0.529. The van der Waals surface area contributed by atoms with Crippen LogP contribution in [0.1, 0.15) is 58.9 Å². The topological polar surface area (TPSA) is 114 Å². The van der Waals surface area contributed by atoms with Gasteiger partial charge >= 0.3 is 18.0 Å². The molecule has 0 spiro atoms. The van der Waals surface area contributed by atoms with Gasteiger partial charge in [0.05, 0.1) is 18.3 Å². The van der Waals surface area contributed by atoms with Gasteiger partial charge in [-0.05, 0) is 77.0 Å². The molecule has 1 N–H and O–H groups in total. The summed E-state index contributed by atoms with van der Waals surface area (Å²) in [5.41, 5.74) is 0.899. The Morgan fingerprint density at radius 2 is 1.69 bits per heavy atom. The molecule has 0 unspecified atom stereocenters. The first-order valence-corrected chi connectivity index (χ1v) is 16.7. The Morgan fingerprint density at radius 3 is 2.38 bits per heavy atom. The van der Waals surface area contributed by atoms with Crippen LogP contribution >= 0.6 is 11.8 Å². The number of likely N-dealkylation sites (tertiary alicyclic amines) is 1. The molecule has 2 amide bonds. The number of fused-ring (bicyclic) bond motifs is 1. The van der Waals surface area contributed by atoms with E-state index in [2.05, 4.69) is 5.32 Å². The van der Waals surface area contributed by atoms with Gasteiger partial charge in [0.15, 0.2) is 0 Å². The van der Waals surface area contributed by atoms with Crippen molar-refractivity contribution in [1.29, 1.82) is 0 Å². The number of hydrogen-bond acceptors (Lipinski definition) is 9. The van der Waals surface area contributed by atoms with E-state index in [0.717, 1.165) is 29.7 Å². The Balaban J connectivity index is 1.36. The number of nitrogens with zero attached hydrogens (tertiary/aromatic N) is 2. The summed E-state index contributed by atoms with van der Waals surface area (Å²) in [6, 6.07) is 15.6. The van der Waals surface area contributed by atoms with Crippen molar-refractivity contribution in [1.82, 2.24) is 10.2 Å². The van der Waals surface area contributed by atoms with Gasteiger partial charge in [-0.3, -0.25) is 24.6 Å². The largest absolute Gasteiger partial charge is 0.465 e. The number of hydrogen-bond donors (Lipinski definition) is 1. The highest BCUT2D eigenvalue weighted by atomic mass is 32.2. The van der Waals surface area contributed by atoms with E-state index >= 15 is 0 Å². The Kier molecular flexibility index (Phi) is 12.3. The van der Waals surface area contributed by atoms with Gasteiger partial charge in [-0.2, -0.15) is 0 Å². The Labute approximate surface area is 270 Å². The van der Waals surface area contributed by atoms with E-state index in [1.807, 2.05) is 54.6 Å². The third-order valence-corrected chi connectivity index (χ3v) is 8.90. The van der Waals surface area contributed by atoms with Crippen molar-refractivity contribution in [2.75, 3.05) is 36.9 Å². The number of piperidine rings is 1. The number of para-hydroxylation sites is 1. The van der Waals surface area contributed by atoms with Crippen molar-refractivity contribution < 1.29 is 33.4 Å². The van der Waals surface area contributed by atoms with Crippen molar-refractivity contribution >= 4 is 41.4 Å². The molecule has 2 atom stereocenters. The molecule has 0 radical (unpaired) electrons. The Morgan fingerprint density at radius 1 is 1.00 bits per heavy atom. The quantitative estimate of drug-likeness (QED) is 0.262. The minimum Gasteiger partial charge on any atom is -0.465 e. The van der Waals surface area contributed by atoms with Crippen LogP contribution in [0.15, 0.2) is 59.5 Å². The third-order valence-electron chi connectivity index (χ3n) is 7.75. The molecule has 0 aliphatic carbocycles. The second-order valence-electron chi connectivity index (χ2n) is 12.4. The van der Waals surface area contributed by atoms with Gasteiger partial charge in [-0.25, -0.2) is 4.79 Å². The summed E-state index contributed by atoms with van der Waals surface area (Å²) < 4.78 is 16.4. The van der Waals surface area contributed by atoms with Crippen molar-refractivity contribution in [2.45, 2.75) is 82.6 Å². The molecule has 2 aromatic carbocycles. The maximum Gasteiger partial charge on any atom is 0.410 e. The summed E-state index contributed by atoms with van der Waals surface area (Å²) in [6.45, 7) is 8.53. The molecule has 2 heterocycles. The highest BCUT2D eigenvalue weighted by Gasteiger charge is 2.36. The third kappa shape index (κ3) is 10.2. The number of amides is 2. The molecular weight excluding hydrogens is 594 g/mol. The second-order valence-corrected chi connectivity index (χ2v) is 13.4. The average molecular weight is 640 g/mol. The van der Waals surface area contributed by atoms with Gasteiger partial charge in [-0.15, -0.1) is 11.8 Å². The first kappa shape index (κ1) is 34.3. The molecule has 45 heavy (non-hydrogen) atoms. The summed E-state index contributed by atoms with van der Waals surface area (Å²) in [5.74, 6) is -0.504. The lowest BCUT2D eigenvalue weighted by Crippen LogP contribution is -2.54. The van der Waals surface area contributed by atoms with Crippen LogP contribution in [-0.2, 0) is 35.2 Å². The minimum absolute atomic E-state index is 0.226. The monoisotopic (exact) mass is 639 g/mol. The fourth-order valence-electron chi connectivity index (χ4n) is 5.51. The smallest absolute Gasteiger partial charge is 0.410 e. The number of ether oxygens (including phenoxy) is 3.